The van der Waals surface area contributed by atoms with Crippen LogP contribution in [0.15, 0.2) is 55.1 Å². The Bertz CT molecular complexity index is 1110. The number of para-hydroxylation sites is 2. The summed E-state index contributed by atoms with van der Waals surface area (Å²) >= 11 is 0. The fraction of sp³-hybridized carbons (Fsp3) is 0.292. The van der Waals surface area contributed by atoms with E-state index in [9.17, 15) is 9.59 Å². The van der Waals surface area contributed by atoms with Crippen molar-refractivity contribution in [2.45, 2.75) is 20.4 Å². The molecule has 0 unspecified atom stereocenters. The lowest BCUT2D eigenvalue weighted by molar-refractivity contribution is -0.116. The molecule has 2 heterocycles. The van der Waals surface area contributed by atoms with Crippen molar-refractivity contribution >= 4 is 34.5 Å². The number of nitrogens with one attached hydrogen (secondary N) is 1. The van der Waals surface area contributed by atoms with E-state index in [2.05, 4.69) is 35.6 Å². The van der Waals surface area contributed by atoms with Crippen LogP contribution in [0.3, 0.4) is 0 Å². The minimum absolute atomic E-state index is 0.106. The lowest BCUT2D eigenvalue weighted by Crippen LogP contribution is -2.33. The van der Waals surface area contributed by atoms with Gasteiger partial charge in [0.25, 0.3) is 5.91 Å². The molecular weight excluding hydrogens is 390 g/mol. The van der Waals surface area contributed by atoms with E-state index in [1.165, 1.54) is 4.90 Å². The number of fused-ring (bicyclic) bond motifs is 2. The van der Waals surface area contributed by atoms with Gasteiger partial charge in [0.15, 0.2) is 0 Å². The van der Waals surface area contributed by atoms with Crippen molar-refractivity contribution in [3.05, 3.63) is 66.2 Å². The molecule has 160 valence electrons. The number of hydrogen-bond donors (Lipinski definition) is 1. The van der Waals surface area contributed by atoms with Crippen molar-refractivity contribution < 1.29 is 9.59 Å². The number of aromatic nitrogens is 2. The van der Waals surface area contributed by atoms with Gasteiger partial charge in [0.2, 0.25) is 11.9 Å². The van der Waals surface area contributed by atoms with Crippen molar-refractivity contribution in [3.63, 3.8) is 0 Å². The molecule has 0 aliphatic carbocycles. The van der Waals surface area contributed by atoms with E-state index in [0.29, 0.717) is 23.8 Å². The van der Waals surface area contributed by atoms with Gasteiger partial charge in [0, 0.05) is 29.9 Å². The summed E-state index contributed by atoms with van der Waals surface area (Å²) in [4.78, 5) is 33.9. The summed E-state index contributed by atoms with van der Waals surface area (Å²) in [5.74, 6) is -0.0133. The van der Waals surface area contributed by atoms with Gasteiger partial charge < -0.3 is 9.47 Å². The number of hydrogen-bond acceptors (Lipinski definition) is 4. The number of carbonyl (C=O) groups excluding carboxylic acids is 2. The fourth-order valence-corrected chi connectivity index (χ4v) is 3.99. The molecule has 2 amide bonds. The first-order valence-electron chi connectivity index (χ1n) is 10.6. The number of benzene rings is 2. The van der Waals surface area contributed by atoms with Crippen LogP contribution in [0.1, 0.15) is 29.8 Å². The summed E-state index contributed by atoms with van der Waals surface area (Å²) in [6, 6.07) is 15.1. The first-order valence-corrected chi connectivity index (χ1v) is 10.6. The minimum atomic E-state index is -0.304. The third kappa shape index (κ3) is 3.96. The minimum Gasteiger partial charge on any atom is -0.309 e. The van der Waals surface area contributed by atoms with E-state index < -0.39 is 0 Å². The van der Waals surface area contributed by atoms with Crippen LogP contribution in [-0.2, 0) is 11.3 Å². The van der Waals surface area contributed by atoms with Crippen LogP contribution in [0.4, 0.5) is 5.95 Å². The fourth-order valence-electron chi connectivity index (χ4n) is 3.99. The average Bonchev–Trinajstić information content (AvgIpc) is 3.25. The summed E-state index contributed by atoms with van der Waals surface area (Å²) in [6.45, 7) is 11.7. The zero-order valence-electron chi connectivity index (χ0n) is 18.0. The van der Waals surface area contributed by atoms with E-state index in [0.717, 1.165) is 36.2 Å². The van der Waals surface area contributed by atoms with Crippen LogP contribution >= 0.6 is 0 Å². The van der Waals surface area contributed by atoms with Crippen molar-refractivity contribution in [3.8, 4) is 0 Å². The smallest absolute Gasteiger partial charge is 0.259 e. The zero-order valence-corrected chi connectivity index (χ0v) is 18.0. The summed E-state index contributed by atoms with van der Waals surface area (Å²) in [5, 5.41) is 2.91. The highest BCUT2D eigenvalue weighted by Gasteiger charge is 2.32. The number of carbonyl (C=O) groups is 2. The molecule has 4 rings (SSSR count). The third-order valence-electron chi connectivity index (χ3n) is 5.78. The Kier molecular flexibility index (Phi) is 5.86. The second kappa shape index (κ2) is 8.73. The van der Waals surface area contributed by atoms with E-state index in [1.807, 2.05) is 47.0 Å². The van der Waals surface area contributed by atoms with Gasteiger partial charge in [0.05, 0.1) is 11.0 Å². The predicted octanol–water partition coefficient (Wildman–Crippen LogP) is 3.44. The molecule has 0 radical (unpaired) electrons. The first-order chi connectivity index (χ1) is 15.0. The van der Waals surface area contributed by atoms with Gasteiger partial charge in [0.1, 0.15) is 6.54 Å². The van der Waals surface area contributed by atoms with Crippen LogP contribution in [-0.4, -0.2) is 57.3 Å². The summed E-state index contributed by atoms with van der Waals surface area (Å²) in [6.07, 6.45) is 0. The Morgan fingerprint density at radius 2 is 1.74 bits per heavy atom. The summed E-state index contributed by atoms with van der Waals surface area (Å²) in [5.41, 5.74) is 3.69. The van der Waals surface area contributed by atoms with Crippen molar-refractivity contribution in [2.75, 3.05) is 31.5 Å². The number of imidazole rings is 1. The summed E-state index contributed by atoms with van der Waals surface area (Å²) < 4.78 is 2.03. The summed E-state index contributed by atoms with van der Waals surface area (Å²) in [7, 11) is 0. The molecule has 1 N–H and O–H groups in total. The molecule has 2 aromatic carbocycles. The molecule has 0 fully saturated rings. The third-order valence-corrected chi connectivity index (χ3v) is 5.78. The van der Waals surface area contributed by atoms with Crippen LogP contribution < -0.4 is 5.32 Å². The molecule has 7 heteroatoms. The van der Waals surface area contributed by atoms with Gasteiger partial charge in [-0.15, -0.1) is 0 Å². The van der Waals surface area contributed by atoms with Crippen molar-refractivity contribution in [1.29, 1.82) is 0 Å². The molecule has 1 aliphatic rings. The van der Waals surface area contributed by atoms with Crippen LogP contribution in [0.2, 0.25) is 0 Å². The number of likely N-dealkylation sites (N-methyl/N-ethyl adjacent to an activating group) is 1. The molecule has 0 spiro atoms. The second-order valence-corrected chi connectivity index (χ2v) is 7.53. The number of anilines is 1. The van der Waals surface area contributed by atoms with E-state index in [4.69, 9.17) is 0 Å². The van der Waals surface area contributed by atoms with E-state index in [1.54, 1.807) is 6.07 Å². The standard InChI is InChI=1S/C24H27N5O2/c1-4-27(5-2)14-15-28-21-13-9-8-12-20(21)25-24(28)26-22(30)16-29-17(3)18-10-6-7-11-19(18)23(29)31/h6-13H,3-5,14-16H2,1-2H3,(H,25,26,30). The Labute approximate surface area is 182 Å². The molecule has 1 aromatic heterocycles. The van der Waals surface area contributed by atoms with Gasteiger partial charge in [-0.25, -0.2) is 4.98 Å². The van der Waals surface area contributed by atoms with Gasteiger partial charge in [-0.2, -0.15) is 0 Å². The molecule has 0 saturated carbocycles. The Hall–Kier alpha value is -3.45. The van der Waals surface area contributed by atoms with Gasteiger partial charge in [-0.1, -0.05) is 50.8 Å². The maximum absolute atomic E-state index is 12.9. The molecule has 0 saturated heterocycles. The number of rotatable bonds is 8. The molecule has 1 aliphatic heterocycles. The normalized spacial score (nSPS) is 13.3. The monoisotopic (exact) mass is 417 g/mol. The van der Waals surface area contributed by atoms with Crippen molar-refractivity contribution in [1.82, 2.24) is 19.4 Å². The van der Waals surface area contributed by atoms with Crippen molar-refractivity contribution in [2.24, 2.45) is 0 Å². The molecule has 31 heavy (non-hydrogen) atoms. The molecule has 0 bridgehead atoms. The van der Waals surface area contributed by atoms with Crippen LogP contribution in [0.5, 0.6) is 0 Å². The maximum atomic E-state index is 12.9. The topological polar surface area (TPSA) is 70.5 Å². The van der Waals surface area contributed by atoms with E-state index in [-0.39, 0.29) is 18.4 Å². The lowest BCUT2D eigenvalue weighted by atomic mass is 10.1. The first kappa shape index (κ1) is 20.8. The van der Waals surface area contributed by atoms with Crippen LogP contribution in [0.25, 0.3) is 16.7 Å². The average molecular weight is 418 g/mol. The number of amides is 2. The SMILES string of the molecule is C=C1c2ccccc2C(=O)N1CC(=O)Nc1nc2ccccc2n1CCN(CC)CC. The Morgan fingerprint density at radius 1 is 1.06 bits per heavy atom. The highest BCUT2D eigenvalue weighted by molar-refractivity contribution is 6.11. The van der Waals surface area contributed by atoms with Gasteiger partial charge in [-0.05, 0) is 31.3 Å². The molecule has 3 aromatic rings. The largest absolute Gasteiger partial charge is 0.309 e. The Morgan fingerprint density at radius 3 is 2.45 bits per heavy atom. The van der Waals surface area contributed by atoms with Crippen LogP contribution in [0, 0.1) is 0 Å². The van der Waals surface area contributed by atoms with Gasteiger partial charge in [-0.3, -0.25) is 19.8 Å². The second-order valence-electron chi connectivity index (χ2n) is 7.53. The molecule has 7 nitrogen and oxygen atoms in total. The predicted molar refractivity (Wildman–Crippen MR) is 123 cm³/mol. The quantitative estimate of drug-likeness (QED) is 0.610. The van der Waals surface area contributed by atoms with E-state index >= 15 is 0 Å². The Balaban J connectivity index is 1.53. The molecular formula is C24H27N5O2. The molecule has 0 atom stereocenters. The highest BCUT2D eigenvalue weighted by Crippen LogP contribution is 2.31. The number of nitrogens with zero attached hydrogens (tertiary/aromatic N) is 4. The maximum Gasteiger partial charge on any atom is 0.259 e. The zero-order chi connectivity index (χ0) is 22.0. The van der Waals surface area contributed by atoms with Gasteiger partial charge >= 0.3 is 0 Å². The highest BCUT2D eigenvalue weighted by atomic mass is 16.2. The lowest BCUT2D eigenvalue weighted by Gasteiger charge is -2.20.